The summed E-state index contributed by atoms with van der Waals surface area (Å²) < 4.78 is 5.70. The van der Waals surface area contributed by atoms with Crippen LogP contribution in [0.25, 0.3) is 0 Å². The summed E-state index contributed by atoms with van der Waals surface area (Å²) in [7, 11) is 0. The summed E-state index contributed by atoms with van der Waals surface area (Å²) in [4.78, 5) is 25.8. The Bertz CT molecular complexity index is 822. The number of hydrogen-bond donors (Lipinski definition) is 0. The standard InChI is InChI=1S/C20H22N2O4/c1-13-4-6-16(7-5-13)20(23)17-8-9-18(19(10-17)22(24)25)21-11-14(2)26-15(3)12-21/h4-10,14-15H,11-12H2,1-3H3/t14-,15-/m1/s1. The first-order valence-electron chi connectivity index (χ1n) is 8.65. The van der Waals surface area contributed by atoms with Crippen molar-refractivity contribution < 1.29 is 14.5 Å². The van der Waals surface area contributed by atoms with Crippen molar-refractivity contribution in [1.82, 2.24) is 0 Å². The zero-order valence-electron chi connectivity index (χ0n) is 15.1. The van der Waals surface area contributed by atoms with Gasteiger partial charge < -0.3 is 9.64 Å². The molecule has 0 aromatic heterocycles. The average Bonchev–Trinajstić information content (AvgIpc) is 2.60. The minimum absolute atomic E-state index is 0.00720. The summed E-state index contributed by atoms with van der Waals surface area (Å²) in [5.41, 5.74) is 2.37. The van der Waals surface area contributed by atoms with Gasteiger partial charge in [0.05, 0.1) is 17.1 Å². The first-order chi connectivity index (χ1) is 12.3. The number of nitro benzene ring substituents is 1. The molecule has 0 unspecified atom stereocenters. The van der Waals surface area contributed by atoms with Crippen LogP contribution >= 0.6 is 0 Å². The van der Waals surface area contributed by atoms with Gasteiger partial charge in [-0.25, -0.2) is 0 Å². The van der Waals surface area contributed by atoms with E-state index in [9.17, 15) is 14.9 Å². The third-order valence-corrected chi connectivity index (χ3v) is 4.51. The zero-order valence-corrected chi connectivity index (χ0v) is 15.1. The minimum atomic E-state index is -0.425. The molecule has 0 N–H and O–H groups in total. The van der Waals surface area contributed by atoms with Crippen LogP contribution < -0.4 is 4.90 Å². The molecule has 2 aromatic carbocycles. The van der Waals surface area contributed by atoms with Crippen molar-refractivity contribution in [1.29, 1.82) is 0 Å². The Morgan fingerprint density at radius 1 is 1.08 bits per heavy atom. The van der Waals surface area contributed by atoms with Crippen LogP contribution in [0.3, 0.4) is 0 Å². The van der Waals surface area contributed by atoms with Gasteiger partial charge in [0.2, 0.25) is 0 Å². The van der Waals surface area contributed by atoms with Crippen LogP contribution in [0, 0.1) is 17.0 Å². The van der Waals surface area contributed by atoms with Crippen LogP contribution in [0.15, 0.2) is 42.5 Å². The molecule has 1 aliphatic rings. The van der Waals surface area contributed by atoms with Crippen LogP contribution in [0.4, 0.5) is 11.4 Å². The number of nitrogens with zero attached hydrogens (tertiary/aromatic N) is 2. The number of carbonyl (C=O) groups excluding carboxylic acids is 1. The fourth-order valence-corrected chi connectivity index (χ4v) is 3.32. The van der Waals surface area contributed by atoms with Gasteiger partial charge >= 0.3 is 0 Å². The van der Waals surface area contributed by atoms with E-state index in [2.05, 4.69) is 0 Å². The molecule has 6 nitrogen and oxygen atoms in total. The molecule has 2 atom stereocenters. The molecule has 1 fully saturated rings. The van der Waals surface area contributed by atoms with Gasteiger partial charge in [-0.15, -0.1) is 0 Å². The van der Waals surface area contributed by atoms with Crippen molar-refractivity contribution >= 4 is 17.2 Å². The molecule has 0 saturated carbocycles. The number of nitro groups is 1. The molecule has 0 radical (unpaired) electrons. The third-order valence-electron chi connectivity index (χ3n) is 4.51. The summed E-state index contributed by atoms with van der Waals surface area (Å²) in [6.45, 7) is 7.00. The van der Waals surface area contributed by atoms with Gasteiger partial charge in [0.15, 0.2) is 5.78 Å². The van der Waals surface area contributed by atoms with E-state index in [-0.39, 0.29) is 23.7 Å². The number of anilines is 1. The maximum Gasteiger partial charge on any atom is 0.293 e. The van der Waals surface area contributed by atoms with Crippen LogP contribution in [-0.4, -0.2) is 36.0 Å². The molecule has 6 heteroatoms. The van der Waals surface area contributed by atoms with Gasteiger partial charge in [-0.3, -0.25) is 14.9 Å². The summed E-state index contributed by atoms with van der Waals surface area (Å²) in [5.74, 6) is -0.219. The lowest BCUT2D eigenvalue weighted by atomic mass is 10.0. The van der Waals surface area contributed by atoms with E-state index in [0.29, 0.717) is 29.9 Å². The van der Waals surface area contributed by atoms with E-state index in [1.165, 1.54) is 6.07 Å². The van der Waals surface area contributed by atoms with Crippen molar-refractivity contribution in [2.45, 2.75) is 33.0 Å². The van der Waals surface area contributed by atoms with Crippen molar-refractivity contribution in [3.8, 4) is 0 Å². The van der Waals surface area contributed by atoms with Gasteiger partial charge in [0.25, 0.3) is 5.69 Å². The predicted molar refractivity (Wildman–Crippen MR) is 99.9 cm³/mol. The fourth-order valence-electron chi connectivity index (χ4n) is 3.32. The minimum Gasteiger partial charge on any atom is -0.372 e. The number of ketones is 1. The van der Waals surface area contributed by atoms with E-state index in [1.54, 1.807) is 24.3 Å². The number of carbonyl (C=O) groups is 1. The second-order valence-corrected chi connectivity index (χ2v) is 6.82. The SMILES string of the molecule is Cc1ccc(C(=O)c2ccc(N3C[C@@H](C)O[C@H](C)C3)c([N+](=O)[O-])c2)cc1. The monoisotopic (exact) mass is 354 g/mol. The lowest BCUT2D eigenvalue weighted by molar-refractivity contribution is -0.384. The molecule has 1 heterocycles. The van der Waals surface area contributed by atoms with Gasteiger partial charge in [0.1, 0.15) is 5.69 Å². The molecule has 0 spiro atoms. The Hall–Kier alpha value is -2.73. The highest BCUT2D eigenvalue weighted by molar-refractivity contribution is 6.09. The summed E-state index contributed by atoms with van der Waals surface area (Å²) in [6.07, 6.45) is -0.0144. The predicted octanol–water partition coefficient (Wildman–Crippen LogP) is 3.75. The fraction of sp³-hybridized carbons (Fsp3) is 0.350. The largest absolute Gasteiger partial charge is 0.372 e. The van der Waals surface area contributed by atoms with Crippen molar-refractivity contribution in [3.63, 3.8) is 0 Å². The number of ether oxygens (including phenoxy) is 1. The van der Waals surface area contributed by atoms with Crippen molar-refractivity contribution in [3.05, 3.63) is 69.3 Å². The topological polar surface area (TPSA) is 72.7 Å². The lowest BCUT2D eigenvalue weighted by Gasteiger charge is -2.36. The first-order valence-corrected chi connectivity index (χ1v) is 8.65. The molecule has 2 aromatic rings. The summed E-state index contributed by atoms with van der Waals surface area (Å²) in [6, 6.07) is 11.9. The number of rotatable bonds is 4. The maximum atomic E-state index is 12.7. The van der Waals surface area contributed by atoms with E-state index in [0.717, 1.165) is 5.56 Å². The maximum absolute atomic E-state index is 12.7. The summed E-state index contributed by atoms with van der Waals surface area (Å²) in [5, 5.41) is 11.6. The Kier molecular flexibility index (Phi) is 5.04. The lowest BCUT2D eigenvalue weighted by Crippen LogP contribution is -2.45. The molecule has 0 amide bonds. The molecule has 0 bridgehead atoms. The quantitative estimate of drug-likeness (QED) is 0.475. The Morgan fingerprint density at radius 3 is 2.23 bits per heavy atom. The summed E-state index contributed by atoms with van der Waals surface area (Å²) >= 11 is 0. The number of hydrogen-bond acceptors (Lipinski definition) is 5. The highest BCUT2D eigenvalue weighted by Gasteiger charge is 2.28. The normalized spacial score (nSPS) is 20.0. The van der Waals surface area contributed by atoms with Gasteiger partial charge in [-0.05, 0) is 32.9 Å². The van der Waals surface area contributed by atoms with Gasteiger partial charge in [-0.1, -0.05) is 29.8 Å². The molecule has 136 valence electrons. The number of benzene rings is 2. The first kappa shape index (κ1) is 18.1. The van der Waals surface area contributed by atoms with E-state index >= 15 is 0 Å². The van der Waals surface area contributed by atoms with Crippen LogP contribution in [-0.2, 0) is 4.74 Å². The molecule has 26 heavy (non-hydrogen) atoms. The van der Waals surface area contributed by atoms with Crippen LogP contribution in [0.2, 0.25) is 0 Å². The second-order valence-electron chi connectivity index (χ2n) is 6.82. The molecule has 0 aliphatic carbocycles. The smallest absolute Gasteiger partial charge is 0.293 e. The van der Waals surface area contributed by atoms with E-state index in [1.807, 2.05) is 37.8 Å². The third kappa shape index (κ3) is 3.75. The highest BCUT2D eigenvalue weighted by Crippen LogP contribution is 2.32. The Balaban J connectivity index is 1.95. The average molecular weight is 354 g/mol. The number of morpholine rings is 1. The zero-order chi connectivity index (χ0) is 18.8. The molecule has 1 saturated heterocycles. The van der Waals surface area contributed by atoms with Gasteiger partial charge in [0, 0.05) is 30.3 Å². The molecular weight excluding hydrogens is 332 g/mol. The van der Waals surface area contributed by atoms with Crippen LogP contribution in [0.5, 0.6) is 0 Å². The molecular formula is C20H22N2O4. The van der Waals surface area contributed by atoms with E-state index < -0.39 is 4.92 Å². The molecule has 3 rings (SSSR count). The van der Waals surface area contributed by atoms with E-state index in [4.69, 9.17) is 4.74 Å². The Morgan fingerprint density at radius 2 is 1.65 bits per heavy atom. The molecule has 1 aliphatic heterocycles. The number of aryl methyl sites for hydroxylation is 1. The van der Waals surface area contributed by atoms with Crippen LogP contribution in [0.1, 0.15) is 35.3 Å². The highest BCUT2D eigenvalue weighted by atomic mass is 16.6. The second kappa shape index (κ2) is 7.25. The van der Waals surface area contributed by atoms with Crippen molar-refractivity contribution in [2.24, 2.45) is 0 Å². The van der Waals surface area contributed by atoms with Gasteiger partial charge in [-0.2, -0.15) is 0 Å². The Labute approximate surface area is 152 Å². The van der Waals surface area contributed by atoms with Crippen molar-refractivity contribution in [2.75, 3.05) is 18.0 Å².